The standard InChI is InChI=1S/C15H15NO.C13H13NO.2C9H11NO/c1-11(17)12-3-5-13(6-4-12)14-7-9-15(16-2)10-8-14;1-9(15)10-3-4-12-8-13(14-2)6-5-11(12)7-10;1-7(11)8-3-5-9(10-2)6-4-8;1-7(11)8-4-3-5-9(6-8)10-2/h3-10,16H,1-2H3;3-8,14H,1-2H3;2*3-6,10H,1-2H3. The van der Waals surface area contributed by atoms with Gasteiger partial charge in [-0.05, 0) is 116 Å². The van der Waals surface area contributed by atoms with Gasteiger partial charge in [-0.15, -0.1) is 0 Å². The van der Waals surface area contributed by atoms with Crippen molar-refractivity contribution in [2.24, 2.45) is 0 Å². The molecule has 278 valence electrons. The van der Waals surface area contributed by atoms with Crippen molar-refractivity contribution in [1.82, 2.24) is 0 Å². The first-order valence-corrected chi connectivity index (χ1v) is 17.6. The first-order valence-electron chi connectivity index (χ1n) is 17.6. The number of hydrogen-bond acceptors (Lipinski definition) is 8. The molecule has 0 bridgehead atoms. The van der Waals surface area contributed by atoms with Crippen LogP contribution in [0.1, 0.15) is 69.1 Å². The fraction of sp³-hybridized carbons (Fsp3) is 0.174. The summed E-state index contributed by atoms with van der Waals surface area (Å²) >= 11 is 0. The molecule has 54 heavy (non-hydrogen) atoms. The Labute approximate surface area is 319 Å². The maximum atomic E-state index is 11.2. The third-order valence-electron chi connectivity index (χ3n) is 8.47. The lowest BCUT2D eigenvalue weighted by molar-refractivity contribution is 0.100. The topological polar surface area (TPSA) is 116 Å². The number of anilines is 4. The summed E-state index contributed by atoms with van der Waals surface area (Å²) in [5.74, 6) is 0.409. The molecular weight excluding hydrogens is 673 g/mol. The minimum Gasteiger partial charge on any atom is -0.388 e. The van der Waals surface area contributed by atoms with E-state index in [-0.39, 0.29) is 23.1 Å². The van der Waals surface area contributed by atoms with Crippen molar-refractivity contribution in [1.29, 1.82) is 0 Å². The molecule has 0 saturated heterocycles. The molecule has 6 aromatic rings. The van der Waals surface area contributed by atoms with E-state index in [9.17, 15) is 19.2 Å². The highest BCUT2D eigenvalue weighted by molar-refractivity contribution is 5.99. The number of fused-ring (bicyclic) bond motifs is 1. The number of hydrogen-bond donors (Lipinski definition) is 4. The Balaban J connectivity index is 0.000000197. The molecule has 0 amide bonds. The zero-order chi connectivity index (χ0) is 39.6. The number of ketones is 4. The maximum Gasteiger partial charge on any atom is 0.159 e. The number of Topliss-reactive ketones (excluding diaryl/α,β-unsaturated/α-hetero) is 4. The first kappa shape index (κ1) is 41.9. The van der Waals surface area contributed by atoms with E-state index in [1.807, 2.05) is 143 Å². The van der Waals surface area contributed by atoms with E-state index in [2.05, 4.69) is 39.5 Å². The summed E-state index contributed by atoms with van der Waals surface area (Å²) in [6.07, 6.45) is 0. The van der Waals surface area contributed by atoms with Gasteiger partial charge in [0.05, 0.1) is 0 Å². The molecule has 0 radical (unpaired) electrons. The molecule has 8 nitrogen and oxygen atoms in total. The van der Waals surface area contributed by atoms with Crippen molar-refractivity contribution >= 4 is 56.7 Å². The van der Waals surface area contributed by atoms with E-state index >= 15 is 0 Å². The largest absolute Gasteiger partial charge is 0.388 e. The molecule has 0 atom stereocenters. The maximum absolute atomic E-state index is 11.2. The van der Waals surface area contributed by atoms with Gasteiger partial charge in [0.15, 0.2) is 23.1 Å². The number of nitrogens with one attached hydrogen (secondary N) is 4. The second kappa shape index (κ2) is 21.1. The zero-order valence-corrected chi connectivity index (χ0v) is 32.3. The Morgan fingerprint density at radius 2 is 0.667 bits per heavy atom. The fourth-order valence-corrected chi connectivity index (χ4v) is 5.11. The van der Waals surface area contributed by atoms with E-state index in [1.165, 1.54) is 0 Å². The van der Waals surface area contributed by atoms with Gasteiger partial charge in [-0.2, -0.15) is 0 Å². The average Bonchev–Trinajstić information content (AvgIpc) is 3.21. The molecule has 8 heteroatoms. The van der Waals surface area contributed by atoms with Crippen LogP contribution in [0.15, 0.2) is 133 Å². The lowest BCUT2D eigenvalue weighted by atomic mass is 10.0. The molecule has 0 unspecified atom stereocenters. The molecule has 0 aliphatic carbocycles. The summed E-state index contributed by atoms with van der Waals surface area (Å²) in [4.78, 5) is 44.1. The van der Waals surface area contributed by atoms with E-state index in [0.717, 1.165) is 66.9 Å². The zero-order valence-electron chi connectivity index (χ0n) is 32.3. The normalized spacial score (nSPS) is 9.78. The van der Waals surface area contributed by atoms with E-state index in [1.54, 1.807) is 27.7 Å². The lowest BCUT2D eigenvalue weighted by Crippen LogP contribution is -1.94. The second-order valence-corrected chi connectivity index (χ2v) is 12.3. The SMILES string of the molecule is CNc1ccc(-c2ccc(C(C)=O)cc2)cc1.CNc1ccc(C(C)=O)cc1.CNc1ccc2cc(C(C)=O)ccc2c1.CNc1cccc(C(C)=O)c1. The highest BCUT2D eigenvalue weighted by Crippen LogP contribution is 2.22. The predicted octanol–water partition coefficient (Wildman–Crippen LogP) is 10.5. The first-order chi connectivity index (χ1) is 25.9. The minimum atomic E-state index is 0.0991. The highest BCUT2D eigenvalue weighted by atomic mass is 16.1. The molecule has 0 aromatic heterocycles. The molecule has 6 rings (SSSR count). The molecule has 0 fully saturated rings. The highest BCUT2D eigenvalue weighted by Gasteiger charge is 2.03. The summed E-state index contributed by atoms with van der Waals surface area (Å²) in [5.41, 5.74) is 9.46. The van der Waals surface area contributed by atoms with E-state index < -0.39 is 0 Å². The van der Waals surface area contributed by atoms with Crippen molar-refractivity contribution in [2.75, 3.05) is 49.5 Å². The summed E-state index contributed by atoms with van der Waals surface area (Å²) in [7, 11) is 7.48. The third-order valence-corrected chi connectivity index (χ3v) is 8.47. The van der Waals surface area contributed by atoms with Gasteiger partial charge in [0.25, 0.3) is 0 Å². The smallest absolute Gasteiger partial charge is 0.159 e. The second-order valence-electron chi connectivity index (χ2n) is 12.3. The quantitative estimate of drug-likeness (QED) is 0.109. The van der Waals surface area contributed by atoms with Crippen LogP contribution in [-0.2, 0) is 0 Å². The Hall–Kier alpha value is -6.54. The van der Waals surface area contributed by atoms with Gasteiger partial charge in [-0.3, -0.25) is 19.2 Å². The van der Waals surface area contributed by atoms with Crippen molar-refractivity contribution < 1.29 is 19.2 Å². The molecule has 0 spiro atoms. The van der Waals surface area contributed by atoms with Gasteiger partial charge >= 0.3 is 0 Å². The van der Waals surface area contributed by atoms with Gasteiger partial charge in [-0.1, -0.05) is 66.7 Å². The van der Waals surface area contributed by atoms with Crippen LogP contribution in [0.2, 0.25) is 0 Å². The number of carbonyl (C=O) groups is 4. The summed E-state index contributed by atoms with van der Waals surface area (Å²) in [6, 6.07) is 42.6. The van der Waals surface area contributed by atoms with Crippen LogP contribution in [0.4, 0.5) is 22.7 Å². The van der Waals surface area contributed by atoms with Crippen LogP contribution < -0.4 is 21.3 Å². The summed E-state index contributed by atoms with van der Waals surface area (Å²) < 4.78 is 0. The van der Waals surface area contributed by atoms with Crippen LogP contribution in [0, 0.1) is 0 Å². The Bertz CT molecular complexity index is 2160. The van der Waals surface area contributed by atoms with Gasteiger partial charge in [0.1, 0.15) is 0 Å². The molecule has 0 aliphatic rings. The van der Waals surface area contributed by atoms with Crippen molar-refractivity contribution in [2.45, 2.75) is 27.7 Å². The number of benzene rings is 6. The van der Waals surface area contributed by atoms with Gasteiger partial charge in [-0.25, -0.2) is 0 Å². The number of carbonyl (C=O) groups excluding carboxylic acids is 4. The monoisotopic (exact) mass is 722 g/mol. The molecule has 0 heterocycles. The molecule has 0 saturated carbocycles. The minimum absolute atomic E-state index is 0.0991. The van der Waals surface area contributed by atoms with E-state index in [4.69, 9.17) is 0 Å². The lowest BCUT2D eigenvalue weighted by Gasteiger charge is -2.04. The van der Waals surface area contributed by atoms with Crippen LogP contribution in [0.25, 0.3) is 21.9 Å². The molecule has 6 aromatic carbocycles. The average molecular weight is 723 g/mol. The molecule has 4 N–H and O–H groups in total. The van der Waals surface area contributed by atoms with Crippen LogP contribution in [0.3, 0.4) is 0 Å². The predicted molar refractivity (Wildman–Crippen MR) is 227 cm³/mol. The van der Waals surface area contributed by atoms with Gasteiger partial charge in [0, 0.05) is 73.2 Å². The van der Waals surface area contributed by atoms with Gasteiger partial charge in [0.2, 0.25) is 0 Å². The van der Waals surface area contributed by atoms with Gasteiger partial charge < -0.3 is 21.3 Å². The van der Waals surface area contributed by atoms with Crippen LogP contribution in [0.5, 0.6) is 0 Å². The Kier molecular flexibility index (Phi) is 16.4. The van der Waals surface area contributed by atoms with E-state index in [0.29, 0.717) is 0 Å². The van der Waals surface area contributed by atoms with Crippen LogP contribution >= 0.6 is 0 Å². The summed E-state index contributed by atoms with van der Waals surface area (Å²) in [6.45, 7) is 6.29. The Morgan fingerprint density at radius 3 is 1.13 bits per heavy atom. The van der Waals surface area contributed by atoms with Crippen molar-refractivity contribution in [3.05, 3.63) is 156 Å². The van der Waals surface area contributed by atoms with Crippen molar-refractivity contribution in [3.8, 4) is 11.1 Å². The Morgan fingerprint density at radius 1 is 0.333 bits per heavy atom. The van der Waals surface area contributed by atoms with Crippen molar-refractivity contribution in [3.63, 3.8) is 0 Å². The number of rotatable bonds is 9. The molecule has 0 aliphatic heterocycles. The van der Waals surface area contributed by atoms with Crippen LogP contribution in [-0.4, -0.2) is 51.3 Å². The third kappa shape index (κ3) is 12.9. The molecular formula is C46H50N4O4. The summed E-state index contributed by atoms with van der Waals surface area (Å²) in [5, 5.41) is 14.4. The fourth-order valence-electron chi connectivity index (χ4n) is 5.11.